The van der Waals surface area contributed by atoms with E-state index in [1.807, 2.05) is 18.2 Å². The third kappa shape index (κ3) is 7.87. The van der Waals surface area contributed by atoms with Crippen molar-refractivity contribution in [1.29, 1.82) is 0 Å². The van der Waals surface area contributed by atoms with Crippen LogP contribution in [0.3, 0.4) is 0 Å². The van der Waals surface area contributed by atoms with Gasteiger partial charge in [0.1, 0.15) is 23.2 Å². The largest absolute Gasteiger partial charge is 0.496 e. The van der Waals surface area contributed by atoms with Crippen LogP contribution in [0.1, 0.15) is 52.0 Å². The first-order chi connectivity index (χ1) is 15.9. The predicted octanol–water partition coefficient (Wildman–Crippen LogP) is 2.19. The zero-order valence-corrected chi connectivity index (χ0v) is 20.2. The van der Waals surface area contributed by atoms with E-state index in [0.29, 0.717) is 12.2 Å². The Labute approximate surface area is 199 Å². The van der Waals surface area contributed by atoms with Crippen LogP contribution in [0, 0.1) is 5.82 Å². The number of nitrogens with one attached hydrogen (secondary N) is 2. The molecule has 0 aliphatic heterocycles. The number of benzene rings is 1. The molecule has 186 valence electrons. The first-order valence-electron chi connectivity index (χ1n) is 11.0. The maximum atomic E-state index is 13.8. The second kappa shape index (κ2) is 11.6. The molecule has 0 fully saturated rings. The van der Waals surface area contributed by atoms with Gasteiger partial charge in [0.15, 0.2) is 0 Å². The number of hydrazone groups is 1. The van der Waals surface area contributed by atoms with E-state index >= 15 is 0 Å². The van der Waals surface area contributed by atoms with Crippen LogP contribution in [0.2, 0.25) is 0 Å². The van der Waals surface area contributed by atoms with Gasteiger partial charge < -0.3 is 21.1 Å². The molecule has 0 saturated carbocycles. The molecular weight excluding hydrogens is 441 g/mol. The number of carbonyl (C=O) groups excluding carboxylic acids is 2. The summed E-state index contributed by atoms with van der Waals surface area (Å²) in [4.78, 5) is 25.2. The minimum Gasteiger partial charge on any atom is -0.496 e. The number of hydrogen-bond acceptors (Lipinski definition) is 7. The van der Waals surface area contributed by atoms with Gasteiger partial charge in [-0.05, 0) is 58.7 Å². The number of nitrogens with two attached hydrogens (primary N) is 2. The number of halogens is 1. The van der Waals surface area contributed by atoms with Gasteiger partial charge in [-0.1, -0.05) is 23.8 Å². The molecule has 3 unspecified atom stereocenters. The number of methoxy groups -OCH3 is 1. The van der Waals surface area contributed by atoms with Crippen molar-refractivity contribution in [1.82, 2.24) is 10.6 Å². The molecule has 0 saturated heterocycles. The topological polar surface area (TPSA) is 141 Å². The highest BCUT2D eigenvalue weighted by molar-refractivity contribution is 5.98. The number of esters is 1. The van der Waals surface area contributed by atoms with Crippen molar-refractivity contribution < 1.29 is 23.5 Å². The van der Waals surface area contributed by atoms with E-state index in [2.05, 4.69) is 15.7 Å². The number of rotatable bonds is 8. The lowest BCUT2D eigenvalue weighted by Gasteiger charge is -2.26. The van der Waals surface area contributed by atoms with Crippen LogP contribution in [0.4, 0.5) is 4.39 Å². The summed E-state index contributed by atoms with van der Waals surface area (Å²) in [6.45, 7) is 6.91. The Bertz CT molecular complexity index is 984. The third-order valence-corrected chi connectivity index (χ3v) is 5.13. The van der Waals surface area contributed by atoms with Gasteiger partial charge >= 0.3 is 5.97 Å². The molecule has 0 aromatic heterocycles. The van der Waals surface area contributed by atoms with Crippen LogP contribution in [-0.4, -0.2) is 42.6 Å². The fraction of sp³-hybridized carbons (Fsp3) is 0.458. The van der Waals surface area contributed by atoms with Crippen molar-refractivity contribution in [2.45, 2.75) is 64.1 Å². The van der Waals surface area contributed by atoms with Crippen LogP contribution in [0.5, 0.6) is 5.75 Å². The molecule has 0 bridgehead atoms. The summed E-state index contributed by atoms with van der Waals surface area (Å²) >= 11 is 0. The molecule has 0 heterocycles. The van der Waals surface area contributed by atoms with Crippen LogP contribution in [0.25, 0.3) is 0 Å². The Balaban J connectivity index is 2.15. The van der Waals surface area contributed by atoms with Crippen molar-refractivity contribution in [3.8, 4) is 5.75 Å². The zero-order chi connectivity index (χ0) is 25.5. The average molecular weight is 476 g/mol. The lowest BCUT2D eigenvalue weighted by molar-refractivity contribution is -0.157. The van der Waals surface area contributed by atoms with E-state index in [1.54, 1.807) is 40.9 Å². The van der Waals surface area contributed by atoms with Gasteiger partial charge in [0, 0.05) is 11.5 Å². The van der Waals surface area contributed by atoms with Gasteiger partial charge in [0.25, 0.3) is 0 Å². The molecule has 0 radical (unpaired) electrons. The number of hydrogen-bond donors (Lipinski definition) is 4. The monoisotopic (exact) mass is 475 g/mol. The molecule has 34 heavy (non-hydrogen) atoms. The van der Waals surface area contributed by atoms with E-state index in [-0.39, 0.29) is 24.1 Å². The summed E-state index contributed by atoms with van der Waals surface area (Å²) in [6, 6.07) is 2.83. The highest BCUT2D eigenvalue weighted by Gasteiger charge is 2.28. The van der Waals surface area contributed by atoms with E-state index in [4.69, 9.17) is 21.1 Å². The lowest BCUT2D eigenvalue weighted by atomic mass is 9.87. The molecule has 2 rings (SSSR count). The van der Waals surface area contributed by atoms with Crippen LogP contribution < -0.4 is 26.9 Å². The normalized spacial score (nSPS) is 18.0. The zero-order valence-electron chi connectivity index (χ0n) is 20.2. The van der Waals surface area contributed by atoms with E-state index in [1.165, 1.54) is 12.1 Å². The second-order valence-corrected chi connectivity index (χ2v) is 9.05. The maximum Gasteiger partial charge on any atom is 0.323 e. The van der Waals surface area contributed by atoms with Crippen molar-refractivity contribution in [3.05, 3.63) is 53.4 Å². The van der Waals surface area contributed by atoms with Gasteiger partial charge in [-0.2, -0.15) is 0 Å². The Morgan fingerprint density at radius 1 is 1.32 bits per heavy atom. The third-order valence-electron chi connectivity index (χ3n) is 5.13. The molecule has 9 nitrogen and oxygen atoms in total. The van der Waals surface area contributed by atoms with Crippen molar-refractivity contribution in [2.75, 3.05) is 7.11 Å². The molecule has 1 aliphatic rings. The van der Waals surface area contributed by atoms with Crippen LogP contribution >= 0.6 is 0 Å². The van der Waals surface area contributed by atoms with Crippen molar-refractivity contribution >= 4 is 17.8 Å². The Morgan fingerprint density at radius 3 is 2.59 bits per heavy atom. The summed E-state index contributed by atoms with van der Waals surface area (Å²) in [5.74, 6) is 4.09. The second-order valence-electron chi connectivity index (χ2n) is 9.05. The number of amides is 1. The summed E-state index contributed by atoms with van der Waals surface area (Å²) in [5, 5.41) is 8.67. The molecular formula is C24H34FN5O4. The molecule has 10 heteroatoms. The molecule has 1 aromatic rings. The van der Waals surface area contributed by atoms with Gasteiger partial charge in [-0.3, -0.25) is 20.2 Å². The molecule has 3 atom stereocenters. The minimum absolute atomic E-state index is 0.0738. The highest BCUT2D eigenvalue weighted by Crippen LogP contribution is 2.34. The van der Waals surface area contributed by atoms with Gasteiger partial charge in [-0.15, -0.1) is 5.10 Å². The Kier molecular flexibility index (Phi) is 9.19. The number of ether oxygens (including phenoxy) is 2. The minimum atomic E-state index is -0.820. The quantitative estimate of drug-likeness (QED) is 0.148. The number of guanidine groups is 1. The summed E-state index contributed by atoms with van der Waals surface area (Å²) in [6.07, 6.45) is 6.64. The fourth-order valence-corrected chi connectivity index (χ4v) is 3.51. The Hall–Kier alpha value is -3.40. The summed E-state index contributed by atoms with van der Waals surface area (Å²) < 4.78 is 24.5. The predicted molar refractivity (Wildman–Crippen MR) is 128 cm³/mol. The fourth-order valence-electron chi connectivity index (χ4n) is 3.51. The van der Waals surface area contributed by atoms with E-state index in [0.717, 1.165) is 11.1 Å². The molecule has 0 spiro atoms. The van der Waals surface area contributed by atoms with Crippen LogP contribution in [-0.2, 0) is 14.3 Å². The summed E-state index contributed by atoms with van der Waals surface area (Å²) in [7, 11) is 1.54. The van der Waals surface area contributed by atoms with Crippen LogP contribution in [0.15, 0.2) is 47.1 Å². The average Bonchev–Trinajstić information content (AvgIpc) is 2.77. The Morgan fingerprint density at radius 2 is 2.03 bits per heavy atom. The lowest BCUT2D eigenvalue weighted by Crippen LogP contribution is -2.53. The van der Waals surface area contributed by atoms with Crippen molar-refractivity contribution in [3.63, 3.8) is 0 Å². The van der Waals surface area contributed by atoms with E-state index in [9.17, 15) is 14.0 Å². The number of allylic oxidation sites excluding steroid dienone is 3. The maximum absolute atomic E-state index is 13.8. The highest BCUT2D eigenvalue weighted by atomic mass is 19.1. The van der Waals surface area contributed by atoms with E-state index < -0.39 is 29.6 Å². The SMILES string of the molecule is COc1ccc(F)cc1C1C=CC(CC(NC(C)C(=O)OC(C)(C)C)C(=O)N/C(N)=N\N)=CC1. The number of carbonyl (C=O) groups is 2. The van der Waals surface area contributed by atoms with Crippen molar-refractivity contribution in [2.24, 2.45) is 16.7 Å². The molecule has 1 aromatic carbocycles. The summed E-state index contributed by atoms with van der Waals surface area (Å²) in [5.41, 5.74) is 6.48. The van der Waals surface area contributed by atoms with Gasteiger partial charge in [0.2, 0.25) is 11.9 Å². The van der Waals surface area contributed by atoms with Gasteiger partial charge in [0.05, 0.1) is 13.2 Å². The standard InChI is InChI=1S/C24H34FN5O4/c1-14(22(32)34-24(2,3)4)28-19(21(31)29-23(26)30-27)12-15-6-8-16(9-7-15)18-13-17(25)10-11-20(18)33-5/h6-8,10-11,13-14,16,19,28H,9,12,27H2,1-5H3,(H3,26,29,30,31). The smallest absolute Gasteiger partial charge is 0.323 e. The van der Waals surface area contributed by atoms with Gasteiger partial charge in [-0.25, -0.2) is 4.39 Å². The first-order valence-corrected chi connectivity index (χ1v) is 11.0. The first kappa shape index (κ1) is 26.8. The number of nitrogens with zero attached hydrogens (tertiary/aromatic N) is 1. The molecule has 6 N–H and O–H groups in total. The molecule has 1 amide bonds. The molecule has 1 aliphatic carbocycles.